The molecule has 1 amide bonds. The monoisotopic (exact) mass is 282 g/mol. The first kappa shape index (κ1) is 17.5. The van der Waals surface area contributed by atoms with Gasteiger partial charge in [-0.1, -0.05) is 46.0 Å². The Morgan fingerprint density at radius 3 is 2.60 bits per heavy atom. The number of rotatable bonds is 10. The standard InChI is InChI=1S/C17H34N2O/c1-3-5-7-10-15(9-6-4-2)13-17(20)19-16-11-8-12-18-14-16/h15-16,18H,3-14H2,1-2H3,(H,19,20). The van der Waals surface area contributed by atoms with Gasteiger partial charge in [-0.3, -0.25) is 4.79 Å². The van der Waals surface area contributed by atoms with Gasteiger partial charge < -0.3 is 10.6 Å². The fraction of sp³-hybridized carbons (Fsp3) is 0.941. The topological polar surface area (TPSA) is 41.1 Å². The normalized spacial score (nSPS) is 20.6. The van der Waals surface area contributed by atoms with E-state index in [1.54, 1.807) is 0 Å². The van der Waals surface area contributed by atoms with Crippen molar-refractivity contribution in [2.24, 2.45) is 5.92 Å². The van der Waals surface area contributed by atoms with Crippen LogP contribution in [0.4, 0.5) is 0 Å². The molecule has 0 bridgehead atoms. The predicted molar refractivity (Wildman–Crippen MR) is 85.8 cm³/mol. The van der Waals surface area contributed by atoms with Crippen molar-refractivity contribution in [1.82, 2.24) is 10.6 Å². The molecule has 3 nitrogen and oxygen atoms in total. The van der Waals surface area contributed by atoms with Crippen LogP contribution in [-0.4, -0.2) is 25.0 Å². The van der Waals surface area contributed by atoms with Crippen molar-refractivity contribution in [2.45, 2.75) is 84.1 Å². The molecule has 20 heavy (non-hydrogen) atoms. The van der Waals surface area contributed by atoms with Gasteiger partial charge in [-0.15, -0.1) is 0 Å². The zero-order valence-corrected chi connectivity index (χ0v) is 13.5. The number of nitrogens with one attached hydrogen (secondary N) is 2. The highest BCUT2D eigenvalue weighted by Crippen LogP contribution is 2.20. The molecule has 0 aromatic heterocycles. The highest BCUT2D eigenvalue weighted by atomic mass is 16.1. The fourth-order valence-electron chi connectivity index (χ4n) is 3.05. The lowest BCUT2D eigenvalue weighted by atomic mass is 9.92. The summed E-state index contributed by atoms with van der Waals surface area (Å²) in [5, 5.41) is 6.57. The van der Waals surface area contributed by atoms with Crippen molar-refractivity contribution >= 4 is 5.91 Å². The van der Waals surface area contributed by atoms with E-state index in [1.165, 1.54) is 51.4 Å². The molecule has 1 rings (SSSR count). The van der Waals surface area contributed by atoms with Gasteiger partial charge >= 0.3 is 0 Å². The largest absolute Gasteiger partial charge is 0.352 e. The molecule has 0 radical (unpaired) electrons. The second kappa shape index (κ2) is 11.1. The first-order valence-electron chi connectivity index (χ1n) is 8.76. The Balaban J connectivity index is 2.27. The fourth-order valence-corrected chi connectivity index (χ4v) is 3.05. The minimum atomic E-state index is 0.274. The van der Waals surface area contributed by atoms with E-state index < -0.39 is 0 Å². The number of hydrogen-bond acceptors (Lipinski definition) is 2. The Kier molecular flexibility index (Phi) is 9.73. The summed E-state index contributed by atoms with van der Waals surface area (Å²) in [5.41, 5.74) is 0. The first-order chi connectivity index (χ1) is 9.76. The van der Waals surface area contributed by atoms with E-state index >= 15 is 0 Å². The van der Waals surface area contributed by atoms with Crippen LogP contribution in [0.5, 0.6) is 0 Å². The average Bonchev–Trinajstić information content (AvgIpc) is 2.45. The summed E-state index contributed by atoms with van der Waals surface area (Å²) in [6.07, 6.45) is 11.8. The summed E-state index contributed by atoms with van der Waals surface area (Å²) in [5.74, 6) is 0.870. The summed E-state index contributed by atoms with van der Waals surface area (Å²) < 4.78 is 0. The van der Waals surface area contributed by atoms with Crippen molar-refractivity contribution < 1.29 is 4.79 Å². The van der Waals surface area contributed by atoms with Gasteiger partial charge in [0.25, 0.3) is 0 Å². The highest BCUT2D eigenvalue weighted by Gasteiger charge is 2.18. The van der Waals surface area contributed by atoms with E-state index in [4.69, 9.17) is 0 Å². The Bertz CT molecular complexity index is 249. The smallest absolute Gasteiger partial charge is 0.220 e. The SMILES string of the molecule is CCCCCC(CCCC)CC(=O)NC1CCCNC1. The van der Waals surface area contributed by atoms with E-state index in [0.29, 0.717) is 12.0 Å². The molecule has 118 valence electrons. The zero-order valence-electron chi connectivity index (χ0n) is 13.5. The third-order valence-corrected chi connectivity index (χ3v) is 4.32. The Morgan fingerprint density at radius 2 is 1.95 bits per heavy atom. The number of unbranched alkanes of at least 4 members (excludes halogenated alkanes) is 3. The summed E-state index contributed by atoms with van der Waals surface area (Å²) >= 11 is 0. The first-order valence-corrected chi connectivity index (χ1v) is 8.76. The van der Waals surface area contributed by atoms with Gasteiger partial charge in [0.2, 0.25) is 5.91 Å². The van der Waals surface area contributed by atoms with Gasteiger partial charge in [0.15, 0.2) is 0 Å². The second-order valence-electron chi connectivity index (χ2n) is 6.32. The van der Waals surface area contributed by atoms with Crippen molar-refractivity contribution in [2.75, 3.05) is 13.1 Å². The molecule has 2 unspecified atom stereocenters. The quantitative estimate of drug-likeness (QED) is 0.601. The predicted octanol–water partition coefficient (Wildman–Crippen LogP) is 3.63. The van der Waals surface area contributed by atoms with Crippen LogP contribution in [-0.2, 0) is 4.79 Å². The number of carbonyl (C=O) groups is 1. The summed E-state index contributed by atoms with van der Waals surface area (Å²) in [4.78, 5) is 12.2. The van der Waals surface area contributed by atoms with E-state index in [9.17, 15) is 4.79 Å². The van der Waals surface area contributed by atoms with E-state index in [1.807, 2.05) is 0 Å². The lowest BCUT2D eigenvalue weighted by Crippen LogP contribution is -2.45. The number of piperidine rings is 1. The molecule has 0 aromatic rings. The maximum absolute atomic E-state index is 12.2. The summed E-state index contributed by atoms with van der Waals surface area (Å²) in [7, 11) is 0. The number of carbonyl (C=O) groups excluding carboxylic acids is 1. The molecule has 1 aliphatic rings. The van der Waals surface area contributed by atoms with Crippen LogP contribution in [0.2, 0.25) is 0 Å². The van der Waals surface area contributed by atoms with Crippen LogP contribution in [0, 0.1) is 5.92 Å². The maximum Gasteiger partial charge on any atom is 0.220 e. The molecule has 2 atom stereocenters. The van der Waals surface area contributed by atoms with Gasteiger partial charge in [0.1, 0.15) is 0 Å². The van der Waals surface area contributed by atoms with Gasteiger partial charge in [0.05, 0.1) is 0 Å². The molecule has 1 fully saturated rings. The highest BCUT2D eigenvalue weighted by molar-refractivity contribution is 5.76. The van der Waals surface area contributed by atoms with E-state index in [-0.39, 0.29) is 5.91 Å². The average molecular weight is 282 g/mol. The molecule has 3 heteroatoms. The minimum Gasteiger partial charge on any atom is -0.352 e. The lowest BCUT2D eigenvalue weighted by molar-refractivity contribution is -0.123. The van der Waals surface area contributed by atoms with Crippen LogP contribution in [0.15, 0.2) is 0 Å². The Labute approximate surface area is 125 Å². The molecular formula is C17H34N2O. The van der Waals surface area contributed by atoms with Crippen LogP contribution < -0.4 is 10.6 Å². The Morgan fingerprint density at radius 1 is 1.20 bits per heavy atom. The van der Waals surface area contributed by atoms with Crippen molar-refractivity contribution in [3.8, 4) is 0 Å². The number of hydrogen-bond donors (Lipinski definition) is 2. The molecule has 0 spiro atoms. The molecule has 0 aliphatic carbocycles. The van der Waals surface area contributed by atoms with Crippen LogP contribution in [0.3, 0.4) is 0 Å². The van der Waals surface area contributed by atoms with Crippen LogP contribution in [0.1, 0.15) is 78.1 Å². The maximum atomic E-state index is 12.2. The minimum absolute atomic E-state index is 0.274. The molecule has 1 heterocycles. The molecule has 1 saturated heterocycles. The Hall–Kier alpha value is -0.570. The van der Waals surface area contributed by atoms with Gasteiger partial charge in [-0.05, 0) is 38.1 Å². The molecular weight excluding hydrogens is 248 g/mol. The second-order valence-corrected chi connectivity index (χ2v) is 6.32. The third kappa shape index (κ3) is 7.88. The van der Waals surface area contributed by atoms with Crippen LogP contribution in [0.25, 0.3) is 0 Å². The molecule has 2 N–H and O–H groups in total. The molecule has 1 aliphatic heterocycles. The van der Waals surface area contributed by atoms with Crippen molar-refractivity contribution in [3.05, 3.63) is 0 Å². The third-order valence-electron chi connectivity index (χ3n) is 4.32. The van der Waals surface area contributed by atoms with Gasteiger partial charge in [0, 0.05) is 19.0 Å². The summed E-state index contributed by atoms with van der Waals surface area (Å²) in [6.45, 7) is 6.52. The number of amides is 1. The molecule has 0 aromatic carbocycles. The van der Waals surface area contributed by atoms with Crippen molar-refractivity contribution in [3.63, 3.8) is 0 Å². The van der Waals surface area contributed by atoms with Crippen LogP contribution >= 0.6 is 0 Å². The summed E-state index contributed by atoms with van der Waals surface area (Å²) in [6, 6.07) is 0.360. The van der Waals surface area contributed by atoms with E-state index in [0.717, 1.165) is 25.9 Å². The molecule has 0 saturated carbocycles. The van der Waals surface area contributed by atoms with Gasteiger partial charge in [-0.25, -0.2) is 0 Å². The lowest BCUT2D eigenvalue weighted by Gasteiger charge is -2.25. The van der Waals surface area contributed by atoms with Gasteiger partial charge in [-0.2, -0.15) is 0 Å². The van der Waals surface area contributed by atoms with Crippen molar-refractivity contribution in [1.29, 1.82) is 0 Å². The zero-order chi connectivity index (χ0) is 14.6. The van der Waals surface area contributed by atoms with E-state index in [2.05, 4.69) is 24.5 Å².